The van der Waals surface area contributed by atoms with Gasteiger partial charge in [0.25, 0.3) is 0 Å². The summed E-state index contributed by atoms with van der Waals surface area (Å²) >= 11 is 0. The minimum absolute atomic E-state index is 0.0269. The molecule has 0 saturated carbocycles. The Bertz CT molecular complexity index is 532. The molecule has 6 heteroatoms. The van der Waals surface area contributed by atoms with E-state index in [-0.39, 0.29) is 30.2 Å². The van der Waals surface area contributed by atoms with Gasteiger partial charge in [0.15, 0.2) is 0 Å². The van der Waals surface area contributed by atoms with Crippen molar-refractivity contribution >= 4 is 11.9 Å². The first kappa shape index (κ1) is 33.9. The molecule has 1 aliphatic rings. The lowest BCUT2D eigenvalue weighted by atomic mass is 10.0. The van der Waals surface area contributed by atoms with E-state index >= 15 is 0 Å². The van der Waals surface area contributed by atoms with E-state index in [1.54, 1.807) is 0 Å². The van der Waals surface area contributed by atoms with Gasteiger partial charge in [0.2, 0.25) is 0 Å². The number of ether oxygens (including phenoxy) is 2. The second kappa shape index (κ2) is 23.9. The monoisotopic (exact) mass is 525 g/mol. The lowest BCUT2D eigenvalue weighted by Gasteiger charge is -2.25. The number of β-amino-alcohol motifs (C(OH)–C–C–N with tert-alkyl or cyclic N) is 1. The van der Waals surface area contributed by atoms with Gasteiger partial charge < -0.3 is 19.9 Å². The number of unbranched alkanes of at least 4 members (excludes halogenated alkanes) is 14. The minimum Gasteiger partial charge on any atom is -0.465 e. The molecule has 1 aliphatic heterocycles. The Morgan fingerprint density at radius 1 is 0.757 bits per heavy atom. The number of aliphatic hydroxyl groups excluding tert-OH is 1. The van der Waals surface area contributed by atoms with Crippen LogP contribution < -0.4 is 5.32 Å². The zero-order valence-electron chi connectivity index (χ0n) is 24.3. The third-order valence-corrected chi connectivity index (χ3v) is 7.50. The minimum atomic E-state index is -0.354. The van der Waals surface area contributed by atoms with E-state index in [1.165, 1.54) is 77.0 Å². The third-order valence-electron chi connectivity index (χ3n) is 7.50. The second-order valence-corrected chi connectivity index (χ2v) is 11.1. The molecule has 6 nitrogen and oxygen atoms in total. The van der Waals surface area contributed by atoms with Crippen LogP contribution in [0.2, 0.25) is 0 Å². The van der Waals surface area contributed by atoms with E-state index in [4.69, 9.17) is 9.47 Å². The first-order valence-electron chi connectivity index (χ1n) is 15.8. The standard InChI is InChI=1S/C31H59NO5/c1-3-5-7-9-12-16-20-28(21-17-13-10-8-6-4-2)37-30(34)22-18-14-11-15-19-25-36-31(35)29-24-23-27(33)26-32-29/h27-29,32-33H,3-26H2,1-2H3/t27-,29+/m1/s1. The molecule has 0 aromatic rings. The van der Waals surface area contributed by atoms with Crippen molar-refractivity contribution in [2.45, 2.75) is 173 Å². The molecule has 1 fully saturated rings. The number of carbonyl (C=O) groups excluding carboxylic acids is 2. The van der Waals surface area contributed by atoms with Gasteiger partial charge in [-0.3, -0.25) is 9.59 Å². The fraction of sp³-hybridized carbons (Fsp3) is 0.935. The van der Waals surface area contributed by atoms with E-state index < -0.39 is 0 Å². The topological polar surface area (TPSA) is 84.9 Å². The molecule has 2 atom stereocenters. The molecule has 0 spiro atoms. The van der Waals surface area contributed by atoms with Crippen LogP contribution in [0.25, 0.3) is 0 Å². The van der Waals surface area contributed by atoms with Crippen molar-refractivity contribution < 1.29 is 24.2 Å². The molecule has 0 bridgehead atoms. The van der Waals surface area contributed by atoms with Gasteiger partial charge in [0.1, 0.15) is 12.1 Å². The Morgan fingerprint density at radius 3 is 1.86 bits per heavy atom. The molecule has 37 heavy (non-hydrogen) atoms. The highest BCUT2D eigenvalue weighted by atomic mass is 16.5. The molecule has 0 aromatic heterocycles. The van der Waals surface area contributed by atoms with Gasteiger partial charge in [-0.1, -0.05) is 97.3 Å². The number of aliphatic hydroxyl groups is 1. The van der Waals surface area contributed by atoms with Gasteiger partial charge in [-0.25, -0.2) is 0 Å². The van der Waals surface area contributed by atoms with Crippen LogP contribution in [0.15, 0.2) is 0 Å². The summed E-state index contributed by atoms with van der Waals surface area (Å²) in [5, 5.41) is 12.5. The van der Waals surface area contributed by atoms with E-state index in [1.807, 2.05) is 0 Å². The third kappa shape index (κ3) is 19.6. The summed E-state index contributed by atoms with van der Waals surface area (Å²) < 4.78 is 11.3. The highest BCUT2D eigenvalue weighted by molar-refractivity contribution is 5.75. The summed E-state index contributed by atoms with van der Waals surface area (Å²) in [4.78, 5) is 24.5. The summed E-state index contributed by atoms with van der Waals surface area (Å²) in [7, 11) is 0. The van der Waals surface area contributed by atoms with Crippen LogP contribution in [0.4, 0.5) is 0 Å². The normalized spacial score (nSPS) is 17.7. The predicted octanol–water partition coefficient (Wildman–Crippen LogP) is 7.40. The molecule has 1 rings (SSSR count). The van der Waals surface area contributed by atoms with Crippen LogP contribution in [0.1, 0.15) is 155 Å². The highest BCUT2D eigenvalue weighted by Crippen LogP contribution is 2.18. The number of nitrogens with one attached hydrogen (secondary N) is 1. The van der Waals surface area contributed by atoms with Gasteiger partial charge in [0.05, 0.1) is 12.7 Å². The van der Waals surface area contributed by atoms with E-state index in [9.17, 15) is 14.7 Å². The van der Waals surface area contributed by atoms with Gasteiger partial charge >= 0.3 is 11.9 Å². The summed E-state index contributed by atoms with van der Waals surface area (Å²) in [5.41, 5.74) is 0. The number of hydrogen-bond acceptors (Lipinski definition) is 6. The molecule has 218 valence electrons. The number of carbonyl (C=O) groups is 2. The van der Waals surface area contributed by atoms with Crippen molar-refractivity contribution in [1.82, 2.24) is 5.32 Å². The van der Waals surface area contributed by atoms with Gasteiger partial charge in [-0.05, 0) is 51.4 Å². The SMILES string of the molecule is CCCCCCCCC(CCCCCCCC)OC(=O)CCCCCCCOC(=O)[C@@H]1CC[C@@H](O)CN1. The van der Waals surface area contributed by atoms with Crippen LogP contribution in [0.3, 0.4) is 0 Å². The highest BCUT2D eigenvalue weighted by Gasteiger charge is 2.25. The molecular weight excluding hydrogens is 466 g/mol. The van der Waals surface area contributed by atoms with Gasteiger partial charge in [-0.15, -0.1) is 0 Å². The van der Waals surface area contributed by atoms with E-state index in [0.29, 0.717) is 32.4 Å². The molecular formula is C31H59NO5. The molecule has 0 aliphatic carbocycles. The Labute approximate surface area is 228 Å². The van der Waals surface area contributed by atoms with Gasteiger partial charge in [0, 0.05) is 13.0 Å². The summed E-state index contributed by atoms with van der Waals surface area (Å²) in [5.74, 6) is -0.230. The quantitative estimate of drug-likeness (QED) is 0.101. The lowest BCUT2D eigenvalue weighted by Crippen LogP contribution is -2.46. The Hall–Kier alpha value is -1.14. The van der Waals surface area contributed by atoms with Crippen LogP contribution >= 0.6 is 0 Å². The zero-order valence-corrected chi connectivity index (χ0v) is 24.3. The average Bonchev–Trinajstić information content (AvgIpc) is 2.89. The number of esters is 2. The molecule has 1 heterocycles. The molecule has 0 aromatic carbocycles. The van der Waals surface area contributed by atoms with E-state index in [0.717, 1.165) is 44.9 Å². The molecule has 1 saturated heterocycles. The van der Waals surface area contributed by atoms with Crippen molar-refractivity contribution in [1.29, 1.82) is 0 Å². The second-order valence-electron chi connectivity index (χ2n) is 11.1. The molecule has 2 N–H and O–H groups in total. The Balaban J connectivity index is 2.11. The summed E-state index contributed by atoms with van der Waals surface area (Å²) in [6, 6.07) is -0.277. The first-order chi connectivity index (χ1) is 18.1. The predicted molar refractivity (Wildman–Crippen MR) is 152 cm³/mol. The fourth-order valence-corrected chi connectivity index (χ4v) is 5.03. The first-order valence-corrected chi connectivity index (χ1v) is 15.8. The van der Waals surface area contributed by atoms with Gasteiger partial charge in [-0.2, -0.15) is 0 Å². The van der Waals surface area contributed by atoms with Crippen LogP contribution in [0, 0.1) is 0 Å². The van der Waals surface area contributed by atoms with Crippen molar-refractivity contribution in [2.24, 2.45) is 0 Å². The maximum atomic E-state index is 12.5. The largest absolute Gasteiger partial charge is 0.465 e. The van der Waals surface area contributed by atoms with Crippen molar-refractivity contribution in [2.75, 3.05) is 13.2 Å². The smallest absolute Gasteiger partial charge is 0.323 e. The lowest BCUT2D eigenvalue weighted by molar-refractivity contribution is -0.150. The van der Waals surface area contributed by atoms with Crippen molar-refractivity contribution in [3.05, 3.63) is 0 Å². The molecule has 0 amide bonds. The number of hydrogen-bond donors (Lipinski definition) is 2. The summed E-state index contributed by atoms with van der Waals surface area (Å²) in [6.07, 6.45) is 23.6. The van der Waals surface area contributed by atoms with Crippen LogP contribution in [-0.2, 0) is 19.1 Å². The van der Waals surface area contributed by atoms with Crippen LogP contribution in [0.5, 0.6) is 0 Å². The average molecular weight is 526 g/mol. The maximum absolute atomic E-state index is 12.5. The Kier molecular flexibility index (Phi) is 21.9. The van der Waals surface area contributed by atoms with Crippen LogP contribution in [-0.4, -0.2) is 48.4 Å². The maximum Gasteiger partial charge on any atom is 0.323 e. The fourth-order valence-electron chi connectivity index (χ4n) is 5.03. The molecule has 0 radical (unpaired) electrons. The molecule has 0 unspecified atom stereocenters. The summed E-state index contributed by atoms with van der Waals surface area (Å²) in [6.45, 7) is 5.40. The van der Waals surface area contributed by atoms with Crippen molar-refractivity contribution in [3.63, 3.8) is 0 Å². The number of piperidine rings is 1. The number of rotatable bonds is 24. The van der Waals surface area contributed by atoms with Crippen molar-refractivity contribution in [3.8, 4) is 0 Å². The zero-order chi connectivity index (χ0) is 27.0. The Morgan fingerprint density at radius 2 is 1.30 bits per heavy atom. The van der Waals surface area contributed by atoms with E-state index in [2.05, 4.69) is 19.2 Å².